The molecule has 0 aromatic heterocycles. The Morgan fingerprint density at radius 1 is 0.397 bits per heavy atom. The summed E-state index contributed by atoms with van der Waals surface area (Å²) in [6.07, 6.45) is 66.2. The van der Waals surface area contributed by atoms with Crippen LogP contribution in [0.25, 0.3) is 0 Å². The van der Waals surface area contributed by atoms with Crippen LogP contribution in [0.15, 0.2) is 24.3 Å². The predicted molar refractivity (Wildman–Crippen MR) is 258 cm³/mol. The van der Waals surface area contributed by atoms with Gasteiger partial charge in [-0.3, -0.25) is 4.79 Å². The Morgan fingerprint density at radius 2 is 0.672 bits per heavy atom. The van der Waals surface area contributed by atoms with Crippen molar-refractivity contribution in [1.82, 2.24) is 5.32 Å². The van der Waals surface area contributed by atoms with Crippen LogP contribution in [0.4, 0.5) is 0 Å². The second-order valence-corrected chi connectivity index (χ2v) is 18.3. The molecular formula is C54H105NO3. The van der Waals surface area contributed by atoms with Crippen molar-refractivity contribution in [3.63, 3.8) is 0 Å². The van der Waals surface area contributed by atoms with Gasteiger partial charge in [0.2, 0.25) is 5.91 Å². The van der Waals surface area contributed by atoms with E-state index in [-0.39, 0.29) is 12.5 Å². The van der Waals surface area contributed by atoms with E-state index in [2.05, 4.69) is 31.3 Å². The molecule has 0 aliphatic rings. The van der Waals surface area contributed by atoms with Gasteiger partial charge in [-0.05, 0) is 32.1 Å². The van der Waals surface area contributed by atoms with Crippen LogP contribution in [-0.4, -0.2) is 34.9 Å². The van der Waals surface area contributed by atoms with Crippen LogP contribution in [0.2, 0.25) is 0 Å². The maximum Gasteiger partial charge on any atom is 0.220 e. The number of amides is 1. The number of allylic oxidation sites excluding steroid dienone is 3. The Hall–Kier alpha value is -1.13. The van der Waals surface area contributed by atoms with Crippen LogP contribution >= 0.6 is 0 Å². The number of carbonyl (C=O) groups excluding carboxylic acids is 1. The Labute approximate surface area is 364 Å². The lowest BCUT2D eigenvalue weighted by Gasteiger charge is -2.19. The zero-order chi connectivity index (χ0) is 42.1. The summed E-state index contributed by atoms with van der Waals surface area (Å²) in [7, 11) is 0. The smallest absolute Gasteiger partial charge is 0.220 e. The van der Waals surface area contributed by atoms with Crippen molar-refractivity contribution < 1.29 is 15.0 Å². The van der Waals surface area contributed by atoms with Crippen molar-refractivity contribution in [3.8, 4) is 0 Å². The molecule has 0 spiro atoms. The molecule has 0 aliphatic heterocycles. The van der Waals surface area contributed by atoms with Gasteiger partial charge in [0.05, 0.1) is 18.8 Å². The van der Waals surface area contributed by atoms with Crippen LogP contribution in [0.3, 0.4) is 0 Å². The van der Waals surface area contributed by atoms with E-state index in [1.165, 1.54) is 244 Å². The molecule has 344 valence electrons. The minimum absolute atomic E-state index is 0.0677. The van der Waals surface area contributed by atoms with Gasteiger partial charge in [0.1, 0.15) is 0 Å². The van der Waals surface area contributed by atoms with Crippen molar-refractivity contribution in [2.75, 3.05) is 6.61 Å². The number of rotatable bonds is 49. The maximum atomic E-state index is 12.4. The van der Waals surface area contributed by atoms with E-state index >= 15 is 0 Å². The largest absolute Gasteiger partial charge is 0.394 e. The molecule has 0 fully saturated rings. The van der Waals surface area contributed by atoms with Crippen LogP contribution < -0.4 is 5.32 Å². The van der Waals surface area contributed by atoms with Crippen molar-refractivity contribution in [2.24, 2.45) is 0 Å². The standard InChI is InChI=1S/C54H105NO3/c1-3-5-7-9-11-13-15-17-19-21-23-25-26-27-28-29-30-31-33-35-37-39-41-43-45-47-49-53(57)52(51-56)55-54(58)50-48-46-44-42-40-38-36-34-32-24-22-20-18-16-14-12-10-8-6-4-2/h39,41,47,49,52-53,56-57H,3-38,40,42-46,48,50-51H2,1-2H3,(H,55,58)/b41-39+,49-47+. The summed E-state index contributed by atoms with van der Waals surface area (Å²) in [6, 6.07) is -0.636. The first-order chi connectivity index (χ1) is 28.7. The Balaban J connectivity index is 3.51. The van der Waals surface area contributed by atoms with Crippen LogP contribution in [0.1, 0.15) is 296 Å². The molecule has 4 heteroatoms. The van der Waals surface area contributed by atoms with Crippen molar-refractivity contribution in [3.05, 3.63) is 24.3 Å². The van der Waals surface area contributed by atoms with Gasteiger partial charge in [0, 0.05) is 6.42 Å². The van der Waals surface area contributed by atoms with Gasteiger partial charge >= 0.3 is 0 Å². The number of aliphatic hydroxyl groups is 2. The van der Waals surface area contributed by atoms with E-state index in [1.807, 2.05) is 6.08 Å². The van der Waals surface area contributed by atoms with Gasteiger partial charge in [-0.1, -0.05) is 282 Å². The third kappa shape index (κ3) is 45.9. The molecule has 0 heterocycles. The predicted octanol–water partition coefficient (Wildman–Crippen LogP) is 17.1. The molecule has 2 atom stereocenters. The minimum atomic E-state index is -0.859. The Kier molecular flexibility index (Phi) is 49.2. The summed E-state index contributed by atoms with van der Waals surface area (Å²) in [6.45, 7) is 4.33. The Morgan fingerprint density at radius 3 is 1.00 bits per heavy atom. The highest BCUT2D eigenvalue weighted by molar-refractivity contribution is 5.76. The average Bonchev–Trinajstić information content (AvgIpc) is 3.23. The number of hydrogen-bond acceptors (Lipinski definition) is 3. The summed E-state index contributed by atoms with van der Waals surface area (Å²) in [5.41, 5.74) is 0. The number of hydrogen-bond donors (Lipinski definition) is 3. The molecule has 0 rings (SSSR count). The zero-order valence-corrected chi connectivity index (χ0v) is 39.6. The van der Waals surface area contributed by atoms with Crippen LogP contribution in [0.5, 0.6) is 0 Å². The highest BCUT2D eigenvalue weighted by atomic mass is 16.3. The van der Waals surface area contributed by atoms with Gasteiger partial charge in [0.25, 0.3) is 0 Å². The fraction of sp³-hybridized carbons (Fsp3) is 0.907. The fourth-order valence-corrected chi connectivity index (χ4v) is 8.37. The third-order valence-electron chi connectivity index (χ3n) is 12.4. The molecule has 0 aromatic carbocycles. The fourth-order valence-electron chi connectivity index (χ4n) is 8.37. The first-order valence-electron chi connectivity index (χ1n) is 26.6. The van der Waals surface area contributed by atoms with Gasteiger partial charge < -0.3 is 15.5 Å². The molecule has 0 radical (unpaired) electrons. The summed E-state index contributed by atoms with van der Waals surface area (Å²) in [4.78, 5) is 12.4. The number of aliphatic hydroxyl groups excluding tert-OH is 2. The van der Waals surface area contributed by atoms with E-state index in [9.17, 15) is 15.0 Å². The van der Waals surface area contributed by atoms with Crippen molar-refractivity contribution >= 4 is 5.91 Å². The second kappa shape index (κ2) is 50.2. The van der Waals surface area contributed by atoms with E-state index in [0.29, 0.717) is 6.42 Å². The quantitative estimate of drug-likeness (QED) is 0.0423. The SMILES string of the molecule is CCCCCCCCCCCCCCCCCCCCCC/C=C/CC/C=C/C(O)C(CO)NC(=O)CCCCCCCCCCCCCCCCCCCCCC. The lowest BCUT2D eigenvalue weighted by Crippen LogP contribution is -2.45. The second-order valence-electron chi connectivity index (χ2n) is 18.3. The molecule has 2 unspecified atom stereocenters. The first kappa shape index (κ1) is 56.9. The lowest BCUT2D eigenvalue weighted by molar-refractivity contribution is -0.123. The molecule has 3 N–H and O–H groups in total. The average molecular weight is 816 g/mol. The number of carbonyl (C=O) groups is 1. The monoisotopic (exact) mass is 816 g/mol. The van der Waals surface area contributed by atoms with E-state index in [0.717, 1.165) is 32.1 Å². The molecule has 0 aliphatic carbocycles. The summed E-state index contributed by atoms with van der Waals surface area (Å²) in [5.74, 6) is -0.0677. The molecule has 0 bridgehead atoms. The summed E-state index contributed by atoms with van der Waals surface area (Å²) < 4.78 is 0. The lowest BCUT2D eigenvalue weighted by atomic mass is 10.0. The molecule has 0 saturated carbocycles. The van der Waals surface area contributed by atoms with Crippen LogP contribution in [-0.2, 0) is 4.79 Å². The third-order valence-corrected chi connectivity index (χ3v) is 12.4. The van der Waals surface area contributed by atoms with Gasteiger partial charge in [-0.25, -0.2) is 0 Å². The van der Waals surface area contributed by atoms with Crippen molar-refractivity contribution in [1.29, 1.82) is 0 Å². The zero-order valence-electron chi connectivity index (χ0n) is 39.6. The number of unbranched alkanes of at least 4 members (excludes halogenated alkanes) is 40. The first-order valence-corrected chi connectivity index (χ1v) is 26.6. The highest BCUT2D eigenvalue weighted by Gasteiger charge is 2.18. The molecule has 0 aromatic rings. The topological polar surface area (TPSA) is 69.6 Å². The molecule has 1 amide bonds. The molecular weight excluding hydrogens is 711 g/mol. The maximum absolute atomic E-state index is 12.4. The summed E-state index contributed by atoms with van der Waals surface area (Å²) in [5, 5.41) is 23.1. The number of nitrogens with one attached hydrogen (secondary N) is 1. The molecule has 58 heavy (non-hydrogen) atoms. The van der Waals surface area contributed by atoms with E-state index in [4.69, 9.17) is 0 Å². The van der Waals surface area contributed by atoms with Gasteiger partial charge in [-0.2, -0.15) is 0 Å². The molecule has 4 nitrogen and oxygen atoms in total. The summed E-state index contributed by atoms with van der Waals surface area (Å²) >= 11 is 0. The van der Waals surface area contributed by atoms with E-state index in [1.54, 1.807) is 6.08 Å². The van der Waals surface area contributed by atoms with E-state index < -0.39 is 12.1 Å². The van der Waals surface area contributed by atoms with Crippen LogP contribution in [0, 0.1) is 0 Å². The molecule has 0 saturated heterocycles. The minimum Gasteiger partial charge on any atom is -0.394 e. The van der Waals surface area contributed by atoms with Gasteiger partial charge in [-0.15, -0.1) is 0 Å². The van der Waals surface area contributed by atoms with Crippen molar-refractivity contribution in [2.45, 2.75) is 309 Å². The normalized spacial score (nSPS) is 13.0. The highest BCUT2D eigenvalue weighted by Crippen LogP contribution is 2.17. The van der Waals surface area contributed by atoms with Gasteiger partial charge in [0.15, 0.2) is 0 Å². The Bertz CT molecular complexity index is 840.